The summed E-state index contributed by atoms with van der Waals surface area (Å²) in [5, 5.41) is 2.24. The van der Waals surface area contributed by atoms with Crippen LogP contribution in [0, 0.1) is 6.92 Å². The lowest BCUT2D eigenvalue weighted by molar-refractivity contribution is 0.414. The molecule has 0 atom stereocenters. The molecule has 0 radical (unpaired) electrons. The minimum absolute atomic E-state index is 0.873. The Morgan fingerprint density at radius 2 is 1.80 bits per heavy atom. The molecule has 0 aliphatic heterocycles. The van der Waals surface area contributed by atoms with Crippen LogP contribution in [0.15, 0.2) is 30.5 Å². The first-order valence-corrected chi connectivity index (χ1v) is 5.21. The molecular formula is C13H17NO. The van der Waals surface area contributed by atoms with Gasteiger partial charge in [0.05, 0.1) is 12.8 Å². The number of aryl methyl sites for hydroxylation is 1. The van der Waals surface area contributed by atoms with Crippen LogP contribution >= 0.6 is 0 Å². The molecule has 0 fully saturated rings. The van der Waals surface area contributed by atoms with Crippen LogP contribution in [-0.2, 0) is 0 Å². The summed E-state index contributed by atoms with van der Waals surface area (Å²) in [6.07, 6.45) is 1.87. The van der Waals surface area contributed by atoms with Gasteiger partial charge < -0.3 is 4.74 Å². The van der Waals surface area contributed by atoms with Crippen molar-refractivity contribution in [2.75, 3.05) is 7.11 Å². The van der Waals surface area contributed by atoms with Crippen molar-refractivity contribution < 1.29 is 4.74 Å². The quantitative estimate of drug-likeness (QED) is 0.706. The fourth-order valence-electron chi connectivity index (χ4n) is 1.49. The van der Waals surface area contributed by atoms with E-state index in [1.165, 1.54) is 0 Å². The van der Waals surface area contributed by atoms with Gasteiger partial charge in [0.25, 0.3) is 0 Å². The molecule has 0 aliphatic carbocycles. The molecule has 1 heterocycles. The lowest BCUT2D eigenvalue weighted by Crippen LogP contribution is -1.91. The van der Waals surface area contributed by atoms with Gasteiger partial charge in [-0.1, -0.05) is 38.1 Å². The van der Waals surface area contributed by atoms with Crippen molar-refractivity contribution in [3.63, 3.8) is 0 Å². The number of hydrogen-bond acceptors (Lipinski definition) is 2. The molecule has 2 nitrogen and oxygen atoms in total. The number of methoxy groups -OCH3 is 1. The van der Waals surface area contributed by atoms with Crippen LogP contribution < -0.4 is 4.74 Å². The number of pyridine rings is 1. The third kappa shape index (κ3) is 2.27. The molecule has 0 saturated carbocycles. The van der Waals surface area contributed by atoms with E-state index in [9.17, 15) is 0 Å². The predicted octanol–water partition coefficient (Wildman–Crippen LogP) is 3.58. The summed E-state index contributed by atoms with van der Waals surface area (Å²) >= 11 is 0. The summed E-state index contributed by atoms with van der Waals surface area (Å²) < 4.78 is 5.30. The largest absolute Gasteiger partial charge is 0.494 e. The molecule has 0 saturated heterocycles. The van der Waals surface area contributed by atoms with Gasteiger partial charge in [0.2, 0.25) is 0 Å². The molecule has 15 heavy (non-hydrogen) atoms. The molecule has 80 valence electrons. The maximum Gasteiger partial charge on any atom is 0.147 e. The van der Waals surface area contributed by atoms with Gasteiger partial charge in [-0.3, -0.25) is 4.98 Å². The van der Waals surface area contributed by atoms with E-state index in [0.29, 0.717) is 0 Å². The predicted molar refractivity (Wildman–Crippen MR) is 64.4 cm³/mol. The first kappa shape index (κ1) is 11.5. The van der Waals surface area contributed by atoms with Gasteiger partial charge in [-0.25, -0.2) is 0 Å². The molecule has 0 unspecified atom stereocenters. The van der Waals surface area contributed by atoms with Crippen molar-refractivity contribution in [1.82, 2.24) is 4.98 Å². The molecule has 0 bridgehead atoms. The number of rotatable bonds is 1. The Hall–Kier alpha value is -1.57. The van der Waals surface area contributed by atoms with Crippen LogP contribution in [0.4, 0.5) is 0 Å². The monoisotopic (exact) mass is 203 g/mol. The van der Waals surface area contributed by atoms with Crippen molar-refractivity contribution in [2.24, 2.45) is 0 Å². The SMILES string of the molecule is CC.COc1c(C)ncc2ccccc12. The highest BCUT2D eigenvalue weighted by molar-refractivity contribution is 5.88. The molecule has 0 spiro atoms. The molecular weight excluding hydrogens is 186 g/mol. The van der Waals surface area contributed by atoms with Crippen molar-refractivity contribution in [1.29, 1.82) is 0 Å². The zero-order valence-electron chi connectivity index (χ0n) is 9.74. The van der Waals surface area contributed by atoms with Gasteiger partial charge >= 0.3 is 0 Å². The van der Waals surface area contributed by atoms with Crippen LogP contribution in [-0.4, -0.2) is 12.1 Å². The van der Waals surface area contributed by atoms with Crippen LogP contribution in [0.2, 0.25) is 0 Å². The van der Waals surface area contributed by atoms with E-state index < -0.39 is 0 Å². The van der Waals surface area contributed by atoms with Gasteiger partial charge in [-0.15, -0.1) is 0 Å². The maximum absolute atomic E-state index is 5.30. The third-order valence-corrected chi connectivity index (χ3v) is 2.14. The minimum atomic E-state index is 0.873. The standard InChI is InChI=1S/C11H11NO.C2H6/c1-8-11(13-2)10-6-4-3-5-9(10)7-12-8;1-2/h3-7H,1-2H3;1-2H3. The molecule has 2 aromatic rings. The van der Waals surface area contributed by atoms with E-state index in [2.05, 4.69) is 4.98 Å². The molecule has 0 N–H and O–H groups in total. The van der Waals surface area contributed by atoms with E-state index in [0.717, 1.165) is 22.2 Å². The van der Waals surface area contributed by atoms with Gasteiger partial charge in [-0.2, -0.15) is 0 Å². The molecule has 2 heteroatoms. The zero-order chi connectivity index (χ0) is 11.3. The van der Waals surface area contributed by atoms with E-state index in [1.54, 1.807) is 7.11 Å². The zero-order valence-corrected chi connectivity index (χ0v) is 9.74. The van der Waals surface area contributed by atoms with Crippen molar-refractivity contribution >= 4 is 10.8 Å². The first-order chi connectivity index (χ1) is 7.33. The van der Waals surface area contributed by atoms with E-state index in [4.69, 9.17) is 4.74 Å². The maximum atomic E-state index is 5.30. The lowest BCUT2D eigenvalue weighted by atomic mass is 10.1. The highest BCUT2D eigenvalue weighted by atomic mass is 16.5. The smallest absolute Gasteiger partial charge is 0.147 e. The summed E-state index contributed by atoms with van der Waals surface area (Å²) in [7, 11) is 1.68. The van der Waals surface area contributed by atoms with Gasteiger partial charge in [0.15, 0.2) is 0 Å². The summed E-state index contributed by atoms with van der Waals surface area (Å²) in [6.45, 7) is 5.95. The Labute approximate surface area is 90.9 Å². The van der Waals surface area contributed by atoms with E-state index in [1.807, 2.05) is 51.2 Å². The van der Waals surface area contributed by atoms with Crippen molar-refractivity contribution in [3.8, 4) is 5.75 Å². The summed E-state index contributed by atoms with van der Waals surface area (Å²) in [5.41, 5.74) is 0.932. The van der Waals surface area contributed by atoms with Gasteiger partial charge in [0, 0.05) is 17.0 Å². The summed E-state index contributed by atoms with van der Waals surface area (Å²) in [4.78, 5) is 4.25. The minimum Gasteiger partial charge on any atom is -0.494 e. The normalized spacial score (nSPS) is 9.33. The highest BCUT2D eigenvalue weighted by Gasteiger charge is 2.04. The Bertz CT molecular complexity index is 437. The summed E-state index contributed by atoms with van der Waals surface area (Å²) in [6, 6.07) is 8.08. The first-order valence-electron chi connectivity index (χ1n) is 5.21. The van der Waals surface area contributed by atoms with Crippen LogP contribution in [0.5, 0.6) is 5.75 Å². The number of nitrogens with zero attached hydrogens (tertiary/aromatic N) is 1. The second kappa shape index (κ2) is 5.35. The number of ether oxygens (including phenoxy) is 1. The number of benzene rings is 1. The molecule has 0 amide bonds. The average molecular weight is 203 g/mol. The van der Waals surface area contributed by atoms with Crippen LogP contribution in [0.1, 0.15) is 19.5 Å². The Balaban J connectivity index is 0.000000531. The Kier molecular flexibility index (Phi) is 4.10. The Morgan fingerprint density at radius 3 is 2.47 bits per heavy atom. The van der Waals surface area contributed by atoms with Crippen molar-refractivity contribution in [2.45, 2.75) is 20.8 Å². The van der Waals surface area contributed by atoms with E-state index >= 15 is 0 Å². The fourth-order valence-corrected chi connectivity index (χ4v) is 1.49. The molecule has 0 aliphatic rings. The molecule has 1 aromatic heterocycles. The summed E-state index contributed by atoms with van der Waals surface area (Å²) in [5.74, 6) is 0.873. The highest BCUT2D eigenvalue weighted by Crippen LogP contribution is 2.26. The second-order valence-electron chi connectivity index (χ2n) is 2.96. The van der Waals surface area contributed by atoms with Gasteiger partial charge in [-0.05, 0) is 6.92 Å². The van der Waals surface area contributed by atoms with Crippen LogP contribution in [0.3, 0.4) is 0 Å². The van der Waals surface area contributed by atoms with Crippen molar-refractivity contribution in [3.05, 3.63) is 36.2 Å². The lowest BCUT2D eigenvalue weighted by Gasteiger charge is -2.06. The third-order valence-electron chi connectivity index (χ3n) is 2.14. The fraction of sp³-hybridized carbons (Fsp3) is 0.308. The topological polar surface area (TPSA) is 22.1 Å². The molecule has 1 aromatic carbocycles. The number of aromatic nitrogens is 1. The number of hydrogen-bond donors (Lipinski definition) is 0. The Morgan fingerprint density at radius 1 is 1.13 bits per heavy atom. The van der Waals surface area contributed by atoms with Gasteiger partial charge in [0.1, 0.15) is 5.75 Å². The second-order valence-corrected chi connectivity index (χ2v) is 2.96. The van der Waals surface area contributed by atoms with Crippen LogP contribution in [0.25, 0.3) is 10.8 Å². The van der Waals surface area contributed by atoms with E-state index in [-0.39, 0.29) is 0 Å². The molecule has 2 rings (SSSR count). The average Bonchev–Trinajstić information content (AvgIpc) is 2.32. The number of fused-ring (bicyclic) bond motifs is 1.